The molecular weight excluding hydrogens is 218 g/mol. The predicted molar refractivity (Wildman–Crippen MR) is 63.5 cm³/mol. The smallest absolute Gasteiger partial charge is 0.319 e. The second-order valence-corrected chi connectivity index (χ2v) is 5.82. The molecule has 0 aromatic carbocycles. The average Bonchev–Trinajstić information content (AvgIpc) is 2.93. The van der Waals surface area contributed by atoms with Gasteiger partial charge < -0.3 is 10.0 Å². The predicted octanol–water partition coefficient (Wildman–Crippen LogP) is 1.89. The summed E-state index contributed by atoms with van der Waals surface area (Å²) in [7, 11) is 0. The Labute approximate surface area is 102 Å². The van der Waals surface area contributed by atoms with Crippen LogP contribution >= 0.6 is 0 Å². The SMILES string of the molecule is CC(C)CN(C(=O)C1(C(=O)O)CCC1)C1CC1. The van der Waals surface area contributed by atoms with Crippen molar-refractivity contribution in [2.45, 2.75) is 52.0 Å². The lowest BCUT2D eigenvalue weighted by atomic mass is 9.67. The molecule has 0 radical (unpaired) electrons. The first-order valence-corrected chi connectivity index (χ1v) is 6.52. The molecule has 0 heterocycles. The third-order valence-corrected chi connectivity index (χ3v) is 3.84. The Bertz CT molecular complexity index is 330. The molecule has 0 aliphatic heterocycles. The number of carbonyl (C=O) groups excluding carboxylic acids is 1. The molecule has 1 N–H and O–H groups in total. The lowest BCUT2D eigenvalue weighted by Gasteiger charge is -2.40. The van der Waals surface area contributed by atoms with Gasteiger partial charge >= 0.3 is 5.97 Å². The lowest BCUT2D eigenvalue weighted by Crippen LogP contribution is -2.54. The highest BCUT2D eigenvalue weighted by atomic mass is 16.4. The third-order valence-electron chi connectivity index (χ3n) is 3.84. The summed E-state index contributed by atoms with van der Waals surface area (Å²) in [6.45, 7) is 4.83. The van der Waals surface area contributed by atoms with Crippen molar-refractivity contribution in [1.29, 1.82) is 0 Å². The largest absolute Gasteiger partial charge is 0.480 e. The Balaban J connectivity index is 2.12. The first-order chi connectivity index (χ1) is 7.97. The molecule has 0 aromatic rings. The standard InChI is InChI=1S/C13H21NO3/c1-9(2)8-14(10-4-5-10)11(15)13(12(16)17)6-3-7-13/h9-10H,3-8H2,1-2H3,(H,16,17). The summed E-state index contributed by atoms with van der Waals surface area (Å²) in [6, 6.07) is 0.307. The van der Waals surface area contributed by atoms with Crippen molar-refractivity contribution in [3.8, 4) is 0 Å². The Kier molecular flexibility index (Phi) is 3.15. The van der Waals surface area contributed by atoms with E-state index in [0.29, 0.717) is 31.3 Å². The van der Waals surface area contributed by atoms with Gasteiger partial charge in [-0.3, -0.25) is 9.59 Å². The summed E-state index contributed by atoms with van der Waals surface area (Å²) in [5.74, 6) is -0.666. The van der Waals surface area contributed by atoms with Gasteiger partial charge in [-0.15, -0.1) is 0 Å². The number of hydrogen-bond donors (Lipinski definition) is 1. The quantitative estimate of drug-likeness (QED) is 0.745. The fourth-order valence-electron chi connectivity index (χ4n) is 2.50. The lowest BCUT2D eigenvalue weighted by molar-refractivity contribution is -0.168. The molecule has 4 heteroatoms. The molecule has 2 aliphatic carbocycles. The van der Waals surface area contributed by atoms with Gasteiger partial charge in [0.2, 0.25) is 5.91 Å². The molecular formula is C13H21NO3. The minimum atomic E-state index is -1.09. The number of aliphatic carboxylic acids is 1. The average molecular weight is 239 g/mol. The molecule has 0 unspecified atom stereocenters. The summed E-state index contributed by atoms with van der Waals surface area (Å²) in [5.41, 5.74) is -1.09. The Hall–Kier alpha value is -1.06. The second kappa shape index (κ2) is 4.31. The molecule has 0 atom stereocenters. The maximum atomic E-state index is 12.5. The van der Waals surface area contributed by atoms with E-state index in [4.69, 9.17) is 0 Å². The van der Waals surface area contributed by atoms with Crippen LogP contribution in [0.25, 0.3) is 0 Å². The van der Waals surface area contributed by atoms with Gasteiger partial charge in [-0.2, -0.15) is 0 Å². The summed E-state index contributed by atoms with van der Waals surface area (Å²) in [5, 5.41) is 9.29. The van der Waals surface area contributed by atoms with Crippen molar-refractivity contribution >= 4 is 11.9 Å². The van der Waals surface area contributed by atoms with Crippen LogP contribution in [0.3, 0.4) is 0 Å². The highest BCUT2D eigenvalue weighted by Gasteiger charge is 2.54. The monoisotopic (exact) mass is 239 g/mol. The highest BCUT2D eigenvalue weighted by molar-refractivity contribution is 6.03. The Morgan fingerprint density at radius 2 is 1.94 bits per heavy atom. The van der Waals surface area contributed by atoms with Crippen LogP contribution in [-0.2, 0) is 9.59 Å². The van der Waals surface area contributed by atoms with E-state index in [1.807, 2.05) is 4.90 Å². The van der Waals surface area contributed by atoms with E-state index in [2.05, 4.69) is 13.8 Å². The topological polar surface area (TPSA) is 57.6 Å². The molecule has 0 saturated heterocycles. The number of carbonyl (C=O) groups is 2. The first-order valence-electron chi connectivity index (χ1n) is 6.52. The molecule has 1 amide bonds. The molecule has 2 rings (SSSR count). The molecule has 4 nitrogen and oxygen atoms in total. The fraction of sp³-hybridized carbons (Fsp3) is 0.846. The van der Waals surface area contributed by atoms with E-state index < -0.39 is 11.4 Å². The van der Waals surface area contributed by atoms with Gasteiger partial charge in [0.05, 0.1) is 0 Å². The number of carboxylic acids is 1. The normalized spacial score (nSPS) is 22.1. The van der Waals surface area contributed by atoms with Crippen molar-refractivity contribution in [3.05, 3.63) is 0 Å². The van der Waals surface area contributed by atoms with E-state index in [0.717, 1.165) is 19.3 Å². The summed E-state index contributed by atoms with van der Waals surface area (Å²) in [4.78, 5) is 25.6. The van der Waals surface area contributed by atoms with Crippen LogP contribution in [-0.4, -0.2) is 34.5 Å². The minimum absolute atomic E-state index is 0.132. The summed E-state index contributed by atoms with van der Waals surface area (Å²) in [6.07, 6.45) is 3.96. The molecule has 2 saturated carbocycles. The van der Waals surface area contributed by atoms with Crippen LogP contribution in [0.1, 0.15) is 46.0 Å². The molecule has 2 fully saturated rings. The molecule has 0 bridgehead atoms. The van der Waals surface area contributed by atoms with Crippen molar-refractivity contribution in [1.82, 2.24) is 4.90 Å². The van der Waals surface area contributed by atoms with E-state index in [1.54, 1.807) is 0 Å². The molecule has 17 heavy (non-hydrogen) atoms. The third kappa shape index (κ3) is 2.17. The first kappa shape index (κ1) is 12.4. The summed E-state index contributed by atoms with van der Waals surface area (Å²) < 4.78 is 0. The number of carboxylic acid groups (broad SMARTS) is 1. The Morgan fingerprint density at radius 3 is 2.24 bits per heavy atom. The van der Waals surface area contributed by atoms with Gasteiger partial charge in [0.1, 0.15) is 5.41 Å². The van der Waals surface area contributed by atoms with Crippen LogP contribution in [0.4, 0.5) is 0 Å². The van der Waals surface area contributed by atoms with Gasteiger partial charge in [0.15, 0.2) is 0 Å². The maximum Gasteiger partial charge on any atom is 0.319 e. The zero-order valence-electron chi connectivity index (χ0n) is 10.6. The molecule has 2 aliphatic rings. The number of nitrogens with zero attached hydrogens (tertiary/aromatic N) is 1. The van der Waals surface area contributed by atoms with E-state index in [-0.39, 0.29) is 5.91 Å². The maximum absolute atomic E-state index is 12.5. The van der Waals surface area contributed by atoms with Crippen molar-refractivity contribution in [2.75, 3.05) is 6.54 Å². The van der Waals surface area contributed by atoms with Crippen LogP contribution in [0.5, 0.6) is 0 Å². The number of rotatable bonds is 5. The molecule has 0 aromatic heterocycles. The van der Waals surface area contributed by atoms with Crippen LogP contribution in [0.2, 0.25) is 0 Å². The van der Waals surface area contributed by atoms with Gasteiger partial charge in [-0.1, -0.05) is 20.3 Å². The van der Waals surface area contributed by atoms with Crippen LogP contribution < -0.4 is 0 Å². The van der Waals surface area contributed by atoms with Crippen molar-refractivity contribution in [2.24, 2.45) is 11.3 Å². The second-order valence-electron chi connectivity index (χ2n) is 5.82. The van der Waals surface area contributed by atoms with Crippen LogP contribution in [0.15, 0.2) is 0 Å². The molecule has 0 spiro atoms. The van der Waals surface area contributed by atoms with E-state index >= 15 is 0 Å². The van der Waals surface area contributed by atoms with E-state index in [1.165, 1.54) is 0 Å². The van der Waals surface area contributed by atoms with Crippen molar-refractivity contribution < 1.29 is 14.7 Å². The van der Waals surface area contributed by atoms with Gasteiger partial charge in [0, 0.05) is 12.6 Å². The minimum Gasteiger partial charge on any atom is -0.480 e. The zero-order chi connectivity index (χ0) is 12.6. The van der Waals surface area contributed by atoms with Gasteiger partial charge in [-0.05, 0) is 31.6 Å². The number of hydrogen-bond acceptors (Lipinski definition) is 2. The highest BCUT2D eigenvalue weighted by Crippen LogP contribution is 2.44. The number of amides is 1. The fourth-order valence-corrected chi connectivity index (χ4v) is 2.50. The van der Waals surface area contributed by atoms with Gasteiger partial charge in [0.25, 0.3) is 0 Å². The Morgan fingerprint density at radius 1 is 1.35 bits per heavy atom. The van der Waals surface area contributed by atoms with Crippen molar-refractivity contribution in [3.63, 3.8) is 0 Å². The summed E-state index contributed by atoms with van der Waals surface area (Å²) >= 11 is 0. The molecule has 96 valence electrons. The van der Waals surface area contributed by atoms with Gasteiger partial charge in [-0.25, -0.2) is 0 Å². The van der Waals surface area contributed by atoms with E-state index in [9.17, 15) is 14.7 Å². The van der Waals surface area contributed by atoms with Crippen LogP contribution in [0, 0.1) is 11.3 Å². The zero-order valence-corrected chi connectivity index (χ0v) is 10.6.